The molecule has 2 aromatic rings. The number of hydrogen-bond donors (Lipinski definition) is 2. The average Bonchev–Trinajstić information content (AvgIpc) is 3.18. The molecule has 1 atom stereocenters. The number of sulfonamides is 1. The number of hydroxylamine groups is 2. The monoisotopic (exact) mass is 396 g/mol. The van der Waals surface area contributed by atoms with E-state index in [1.165, 1.54) is 47.9 Å². The predicted octanol–water partition coefficient (Wildman–Crippen LogP) is 1.47. The second kappa shape index (κ2) is 7.61. The van der Waals surface area contributed by atoms with E-state index in [9.17, 15) is 17.6 Å². The molecule has 144 valence electrons. The summed E-state index contributed by atoms with van der Waals surface area (Å²) in [6.45, 7) is -0.325. The maximum absolute atomic E-state index is 14.1. The maximum Gasteiger partial charge on any atom is 0.275 e. The van der Waals surface area contributed by atoms with Crippen LogP contribution in [0.25, 0.3) is 0 Å². The van der Waals surface area contributed by atoms with Crippen molar-refractivity contribution >= 4 is 15.9 Å². The van der Waals surface area contributed by atoms with Gasteiger partial charge in [-0.05, 0) is 28.7 Å². The summed E-state index contributed by atoms with van der Waals surface area (Å²) >= 11 is 0. The van der Waals surface area contributed by atoms with Crippen LogP contribution in [0.3, 0.4) is 0 Å². The van der Waals surface area contributed by atoms with Crippen LogP contribution in [0.4, 0.5) is 4.39 Å². The van der Waals surface area contributed by atoms with Crippen molar-refractivity contribution in [2.24, 2.45) is 0 Å². The molecule has 0 spiro atoms. The van der Waals surface area contributed by atoms with Crippen molar-refractivity contribution in [1.82, 2.24) is 9.95 Å². The van der Waals surface area contributed by atoms with Crippen molar-refractivity contribution in [2.75, 3.05) is 13.2 Å². The Bertz CT molecular complexity index is 916. The largest absolute Gasteiger partial charge is 0.387 e. The third-order valence-corrected chi connectivity index (χ3v) is 5.88. The van der Waals surface area contributed by atoms with Gasteiger partial charge in [0.2, 0.25) is 0 Å². The number of ether oxygens (including phenoxy) is 1. The highest BCUT2D eigenvalue weighted by Crippen LogP contribution is 2.34. The number of para-hydroxylation sites is 1. The van der Waals surface area contributed by atoms with Crippen molar-refractivity contribution in [3.8, 4) is 5.75 Å². The van der Waals surface area contributed by atoms with Gasteiger partial charge in [-0.25, -0.2) is 18.3 Å². The van der Waals surface area contributed by atoms with Gasteiger partial charge in [0, 0.05) is 13.0 Å². The van der Waals surface area contributed by atoms with Crippen molar-refractivity contribution < 1.29 is 32.4 Å². The molecule has 1 saturated heterocycles. The van der Waals surface area contributed by atoms with E-state index in [0.717, 1.165) is 6.07 Å². The molecule has 1 fully saturated rings. The van der Waals surface area contributed by atoms with Crippen LogP contribution >= 0.6 is 0 Å². The highest BCUT2D eigenvalue weighted by atomic mass is 32.2. The van der Waals surface area contributed by atoms with E-state index < -0.39 is 33.0 Å². The normalized spacial score (nSPS) is 19.8. The summed E-state index contributed by atoms with van der Waals surface area (Å²) in [5.74, 6) is -2.26. The minimum absolute atomic E-state index is 0.0505. The average molecular weight is 396 g/mol. The Hall–Kier alpha value is -2.53. The maximum atomic E-state index is 14.1. The minimum atomic E-state index is -4.42. The molecule has 27 heavy (non-hydrogen) atoms. The van der Waals surface area contributed by atoms with E-state index in [4.69, 9.17) is 14.8 Å². The van der Waals surface area contributed by atoms with Crippen LogP contribution in [-0.2, 0) is 19.6 Å². The van der Waals surface area contributed by atoms with Crippen molar-refractivity contribution in [3.63, 3.8) is 0 Å². The number of carbonyl (C=O) groups is 1. The van der Waals surface area contributed by atoms with Crippen molar-refractivity contribution in [3.05, 3.63) is 60.4 Å². The summed E-state index contributed by atoms with van der Waals surface area (Å²) in [5.41, 5.74) is -0.458. The van der Waals surface area contributed by atoms with Gasteiger partial charge in [-0.3, -0.25) is 10.0 Å². The quantitative estimate of drug-likeness (QED) is 0.566. The molecule has 8 nitrogen and oxygen atoms in total. The van der Waals surface area contributed by atoms with Crippen LogP contribution < -0.4 is 10.3 Å². The molecule has 1 heterocycles. The standard InChI is InChI=1S/C17H17FN2O6S/c18-14-8-4-5-9-15(14)26-20(17(16(21)19-22)10-11-25-12-17)27(23,24)13-6-2-1-3-7-13/h1-9,22H,10-12H2,(H,19,21)/t17-/m1/s1. The molecular weight excluding hydrogens is 379 g/mol. The Kier molecular flexibility index (Phi) is 5.42. The Morgan fingerprint density at radius 1 is 1.19 bits per heavy atom. The van der Waals surface area contributed by atoms with Gasteiger partial charge in [0.05, 0.1) is 11.5 Å². The van der Waals surface area contributed by atoms with E-state index in [1.807, 2.05) is 0 Å². The lowest BCUT2D eigenvalue weighted by Crippen LogP contribution is -2.62. The van der Waals surface area contributed by atoms with Gasteiger partial charge in [-0.15, -0.1) is 0 Å². The molecule has 0 bridgehead atoms. The van der Waals surface area contributed by atoms with Crippen LogP contribution in [0, 0.1) is 5.82 Å². The summed E-state index contributed by atoms with van der Waals surface area (Å²) < 4.78 is 46.2. The Labute approximate surface area is 155 Å². The lowest BCUT2D eigenvalue weighted by atomic mass is 9.99. The van der Waals surface area contributed by atoms with Gasteiger partial charge in [0.25, 0.3) is 15.9 Å². The highest BCUT2D eigenvalue weighted by Gasteiger charge is 2.55. The fourth-order valence-corrected chi connectivity index (χ4v) is 4.28. The number of halogens is 1. The van der Waals surface area contributed by atoms with Crippen molar-refractivity contribution in [2.45, 2.75) is 16.9 Å². The molecule has 0 unspecified atom stereocenters. The fraction of sp³-hybridized carbons (Fsp3) is 0.235. The van der Waals surface area contributed by atoms with Gasteiger partial charge in [0.1, 0.15) is 0 Å². The molecular formula is C17H17FN2O6S. The van der Waals surface area contributed by atoms with Gasteiger partial charge in [0.15, 0.2) is 17.1 Å². The van der Waals surface area contributed by atoms with Gasteiger partial charge in [-0.1, -0.05) is 30.3 Å². The number of rotatable bonds is 6. The first-order valence-electron chi connectivity index (χ1n) is 7.97. The molecule has 0 radical (unpaired) electrons. The topological polar surface area (TPSA) is 105 Å². The molecule has 1 aliphatic heterocycles. The molecule has 0 aromatic heterocycles. The number of nitrogens with one attached hydrogen (secondary N) is 1. The molecule has 1 amide bonds. The zero-order valence-corrected chi connectivity index (χ0v) is 14.9. The van der Waals surface area contributed by atoms with E-state index in [1.54, 1.807) is 6.07 Å². The summed E-state index contributed by atoms with van der Waals surface area (Å²) in [7, 11) is -4.42. The zero-order valence-electron chi connectivity index (χ0n) is 14.0. The molecule has 0 aliphatic carbocycles. The summed E-state index contributed by atoms with van der Waals surface area (Å²) in [6.07, 6.45) is -0.0973. The van der Waals surface area contributed by atoms with Gasteiger partial charge in [-0.2, -0.15) is 0 Å². The first kappa shape index (κ1) is 19.2. The predicted molar refractivity (Wildman–Crippen MR) is 90.6 cm³/mol. The first-order valence-corrected chi connectivity index (χ1v) is 9.41. The van der Waals surface area contributed by atoms with Crippen LogP contribution in [0.2, 0.25) is 0 Å². The molecule has 2 N–H and O–H groups in total. The summed E-state index contributed by atoms with van der Waals surface area (Å²) in [5, 5.41) is 9.16. The van der Waals surface area contributed by atoms with Crippen LogP contribution in [-0.4, -0.2) is 42.8 Å². The van der Waals surface area contributed by atoms with Gasteiger partial charge < -0.3 is 9.57 Å². The van der Waals surface area contributed by atoms with Gasteiger partial charge >= 0.3 is 0 Å². The SMILES string of the molecule is O=C(NO)[C@@]1(N(Oc2ccccc2F)S(=O)(=O)c2ccccc2)CCOC1. The van der Waals surface area contributed by atoms with E-state index in [0.29, 0.717) is 4.47 Å². The minimum Gasteiger partial charge on any atom is -0.387 e. The highest BCUT2D eigenvalue weighted by molar-refractivity contribution is 7.89. The second-order valence-electron chi connectivity index (χ2n) is 5.84. The number of nitrogens with zero attached hydrogens (tertiary/aromatic N) is 1. The lowest BCUT2D eigenvalue weighted by molar-refractivity contribution is -0.153. The van der Waals surface area contributed by atoms with E-state index in [2.05, 4.69) is 0 Å². The van der Waals surface area contributed by atoms with Crippen LogP contribution in [0.1, 0.15) is 6.42 Å². The number of hydrogen-bond acceptors (Lipinski definition) is 6. The smallest absolute Gasteiger partial charge is 0.275 e. The van der Waals surface area contributed by atoms with E-state index in [-0.39, 0.29) is 24.5 Å². The molecule has 3 rings (SSSR count). The molecule has 1 aliphatic rings. The number of carbonyl (C=O) groups excluding carboxylic acids is 1. The van der Waals surface area contributed by atoms with Crippen LogP contribution in [0.5, 0.6) is 5.75 Å². The summed E-state index contributed by atoms with van der Waals surface area (Å²) in [4.78, 5) is 17.6. The molecule has 0 saturated carbocycles. The molecule has 10 heteroatoms. The third-order valence-electron chi connectivity index (χ3n) is 4.15. The Morgan fingerprint density at radius 3 is 2.44 bits per heavy atom. The van der Waals surface area contributed by atoms with E-state index >= 15 is 0 Å². The summed E-state index contributed by atoms with van der Waals surface area (Å²) in [6, 6.07) is 12.4. The Morgan fingerprint density at radius 2 is 1.85 bits per heavy atom. The number of benzene rings is 2. The fourth-order valence-electron chi connectivity index (χ4n) is 2.73. The second-order valence-corrected chi connectivity index (χ2v) is 7.60. The van der Waals surface area contributed by atoms with Crippen molar-refractivity contribution in [1.29, 1.82) is 0 Å². The zero-order chi connectivity index (χ0) is 19.5. The number of amides is 1. The lowest BCUT2D eigenvalue weighted by Gasteiger charge is -2.35. The van der Waals surface area contributed by atoms with Crippen LogP contribution in [0.15, 0.2) is 59.5 Å². The Balaban J connectivity index is 2.14. The third kappa shape index (κ3) is 3.52. The first-order chi connectivity index (χ1) is 12.9. The molecule has 2 aromatic carbocycles.